The summed E-state index contributed by atoms with van der Waals surface area (Å²) in [5.74, 6) is -3.30. The van der Waals surface area contributed by atoms with Crippen molar-refractivity contribution in [3.8, 4) is 0 Å². The number of nitrogens with one attached hydrogen (secondary N) is 1. The van der Waals surface area contributed by atoms with E-state index in [-0.39, 0.29) is 21.0 Å². The van der Waals surface area contributed by atoms with Crippen molar-refractivity contribution in [1.29, 1.82) is 0 Å². The van der Waals surface area contributed by atoms with Crippen LogP contribution in [0.4, 0.5) is 14.5 Å². The molecule has 1 aromatic carbocycles. The second kappa shape index (κ2) is 10.0. The normalized spacial score (nSPS) is 13.6. The molecule has 0 saturated carbocycles. The maximum Gasteiger partial charge on any atom is 0.349 e. The Kier molecular flexibility index (Phi) is 7.08. The Balaban J connectivity index is 1.49. The highest BCUT2D eigenvalue weighted by Gasteiger charge is 2.23. The summed E-state index contributed by atoms with van der Waals surface area (Å²) in [7, 11) is 0. The van der Waals surface area contributed by atoms with Crippen molar-refractivity contribution in [2.75, 3.05) is 11.9 Å². The summed E-state index contributed by atoms with van der Waals surface area (Å²) < 4.78 is 32.2. The minimum absolute atomic E-state index is 0.157. The lowest BCUT2D eigenvalue weighted by Crippen LogP contribution is -2.24. The lowest BCUT2D eigenvalue weighted by atomic mass is 10.2. The van der Waals surface area contributed by atoms with Gasteiger partial charge in [-0.25, -0.2) is 9.78 Å². The Hall–Kier alpha value is -2.79. The maximum atomic E-state index is 13.0. The van der Waals surface area contributed by atoms with Crippen LogP contribution in [-0.4, -0.2) is 33.8 Å². The van der Waals surface area contributed by atoms with Crippen LogP contribution in [0.3, 0.4) is 0 Å². The van der Waals surface area contributed by atoms with Gasteiger partial charge in [0.05, 0.1) is 11.1 Å². The topological polar surface area (TPSA) is 90.3 Å². The molecule has 3 aromatic rings. The number of hydrogen-bond acceptors (Lipinski definition) is 7. The van der Waals surface area contributed by atoms with Crippen molar-refractivity contribution in [2.45, 2.75) is 49.8 Å². The third-order valence-electron chi connectivity index (χ3n) is 5.31. The predicted octanol–water partition coefficient (Wildman–Crippen LogP) is 4.60. The van der Waals surface area contributed by atoms with E-state index in [0.29, 0.717) is 40.5 Å². The Morgan fingerprint density at radius 2 is 2.06 bits per heavy atom. The number of thioether (sulfide) groups is 1. The zero-order valence-corrected chi connectivity index (χ0v) is 19.4. The highest BCUT2D eigenvalue weighted by Crippen LogP contribution is 2.32. The van der Waals surface area contributed by atoms with Gasteiger partial charge >= 0.3 is 5.97 Å². The number of carbonyl (C=O) groups is 2. The highest BCUT2D eigenvalue weighted by molar-refractivity contribution is 7.99. The first-order valence-electron chi connectivity index (χ1n) is 10.4. The fourth-order valence-electron chi connectivity index (χ4n) is 3.76. The second-order valence-corrected chi connectivity index (χ2v) is 9.56. The summed E-state index contributed by atoms with van der Waals surface area (Å²) in [6, 6.07) is 6.14. The maximum absolute atomic E-state index is 13.0. The van der Waals surface area contributed by atoms with Gasteiger partial charge in [-0.1, -0.05) is 30.3 Å². The third-order valence-corrected chi connectivity index (χ3v) is 7.26. The number of rotatable bonds is 6. The van der Waals surface area contributed by atoms with Crippen LogP contribution >= 0.6 is 23.1 Å². The SMILES string of the molecule is Cc1c(C(=O)OCC(=O)Nc2ccccc2SC(F)F)sc2nc3n(c(=O)c12)CCCCC3. The number of aryl methyl sites for hydroxylation is 2. The molecule has 1 amide bonds. The van der Waals surface area contributed by atoms with Crippen molar-refractivity contribution >= 4 is 50.9 Å². The molecule has 174 valence electrons. The van der Waals surface area contributed by atoms with E-state index < -0.39 is 24.2 Å². The van der Waals surface area contributed by atoms with Gasteiger partial charge < -0.3 is 10.1 Å². The van der Waals surface area contributed by atoms with Gasteiger partial charge in [-0.3, -0.25) is 14.2 Å². The summed E-state index contributed by atoms with van der Waals surface area (Å²) >= 11 is 1.39. The molecule has 0 unspecified atom stereocenters. The van der Waals surface area contributed by atoms with Gasteiger partial charge in [0, 0.05) is 17.9 Å². The number of para-hydroxylation sites is 1. The molecule has 1 aliphatic heterocycles. The molecule has 2 aromatic heterocycles. The second-order valence-electron chi connectivity index (χ2n) is 7.53. The van der Waals surface area contributed by atoms with Gasteiger partial charge in [-0.2, -0.15) is 8.78 Å². The molecule has 11 heteroatoms. The van der Waals surface area contributed by atoms with Crippen LogP contribution in [0.15, 0.2) is 34.0 Å². The van der Waals surface area contributed by atoms with Crippen molar-refractivity contribution in [2.24, 2.45) is 0 Å². The molecule has 4 rings (SSSR count). The number of aromatic nitrogens is 2. The van der Waals surface area contributed by atoms with E-state index in [1.807, 2.05) is 0 Å². The summed E-state index contributed by atoms with van der Waals surface area (Å²) in [6.07, 6.45) is 3.63. The van der Waals surface area contributed by atoms with Gasteiger partial charge in [0.25, 0.3) is 17.2 Å². The smallest absolute Gasteiger partial charge is 0.349 e. The number of hydrogen-bond donors (Lipinski definition) is 1. The molecular weight excluding hydrogens is 472 g/mol. The Morgan fingerprint density at radius 3 is 2.85 bits per heavy atom. The number of amides is 1. The number of nitrogens with zero attached hydrogens (tertiary/aromatic N) is 2. The lowest BCUT2D eigenvalue weighted by molar-refractivity contribution is -0.119. The first-order valence-corrected chi connectivity index (χ1v) is 12.1. The van der Waals surface area contributed by atoms with E-state index in [1.165, 1.54) is 12.1 Å². The van der Waals surface area contributed by atoms with Crippen LogP contribution in [-0.2, 0) is 22.5 Å². The number of fused-ring (bicyclic) bond motifs is 2. The van der Waals surface area contributed by atoms with Crippen molar-refractivity contribution in [3.63, 3.8) is 0 Å². The van der Waals surface area contributed by atoms with E-state index >= 15 is 0 Å². The summed E-state index contributed by atoms with van der Waals surface area (Å²) in [6.45, 7) is 1.68. The van der Waals surface area contributed by atoms with E-state index in [9.17, 15) is 23.2 Å². The van der Waals surface area contributed by atoms with Crippen LogP contribution in [0, 0.1) is 6.92 Å². The van der Waals surface area contributed by atoms with E-state index in [1.54, 1.807) is 23.6 Å². The summed E-state index contributed by atoms with van der Waals surface area (Å²) in [5.41, 5.74) is 0.535. The van der Waals surface area contributed by atoms with Crippen LogP contribution in [0.1, 0.15) is 40.3 Å². The van der Waals surface area contributed by atoms with Gasteiger partial charge in [0.1, 0.15) is 15.5 Å². The predicted molar refractivity (Wildman–Crippen MR) is 123 cm³/mol. The Bertz CT molecular complexity index is 1270. The zero-order valence-electron chi connectivity index (χ0n) is 17.7. The third kappa shape index (κ3) is 5.09. The largest absolute Gasteiger partial charge is 0.451 e. The van der Waals surface area contributed by atoms with Crippen LogP contribution in [0.25, 0.3) is 10.2 Å². The Morgan fingerprint density at radius 1 is 1.27 bits per heavy atom. The number of thiophene rings is 1. The molecule has 0 spiro atoms. The number of ether oxygens (including phenoxy) is 1. The standard InChI is InChI=1S/C22H21F2N3O4S2/c1-12-17-19(26-15-9-3-2-6-10-27(15)20(17)29)33-18(12)21(30)31-11-16(28)25-13-7-4-5-8-14(13)32-22(23)24/h4-5,7-8,22H,2-3,6,9-11H2,1H3,(H,25,28). The molecule has 0 bridgehead atoms. The van der Waals surface area contributed by atoms with Crippen molar-refractivity contribution in [3.05, 3.63) is 50.9 Å². The fourth-order valence-corrected chi connectivity index (χ4v) is 5.44. The van der Waals surface area contributed by atoms with Gasteiger partial charge in [0.2, 0.25) is 0 Å². The molecule has 0 aliphatic carbocycles. The molecule has 0 radical (unpaired) electrons. The summed E-state index contributed by atoms with van der Waals surface area (Å²) in [4.78, 5) is 43.5. The number of alkyl halides is 2. The molecule has 1 aliphatic rings. The number of anilines is 1. The molecule has 1 N–H and O–H groups in total. The van der Waals surface area contributed by atoms with Crippen molar-refractivity contribution in [1.82, 2.24) is 9.55 Å². The molecule has 7 nitrogen and oxygen atoms in total. The highest BCUT2D eigenvalue weighted by atomic mass is 32.2. The average molecular weight is 494 g/mol. The quantitative estimate of drug-likeness (QED) is 0.399. The number of carbonyl (C=O) groups excluding carboxylic acids is 2. The molecule has 0 saturated heterocycles. The van der Waals surface area contributed by atoms with Gasteiger partial charge in [-0.05, 0) is 37.5 Å². The van der Waals surface area contributed by atoms with E-state index in [0.717, 1.165) is 36.4 Å². The number of esters is 1. The molecular formula is C22H21F2N3O4S2. The van der Waals surface area contributed by atoms with Crippen LogP contribution < -0.4 is 10.9 Å². The molecule has 0 atom stereocenters. The minimum Gasteiger partial charge on any atom is -0.451 e. The fraction of sp³-hybridized carbons (Fsp3) is 0.364. The lowest BCUT2D eigenvalue weighted by Gasteiger charge is -2.10. The molecule has 0 fully saturated rings. The van der Waals surface area contributed by atoms with Gasteiger partial charge in [-0.15, -0.1) is 11.3 Å². The number of benzene rings is 1. The number of halogens is 2. The monoisotopic (exact) mass is 493 g/mol. The first-order chi connectivity index (χ1) is 15.8. The first kappa shape index (κ1) is 23.4. The van der Waals surface area contributed by atoms with Crippen molar-refractivity contribution < 1.29 is 23.1 Å². The van der Waals surface area contributed by atoms with E-state index in [4.69, 9.17) is 4.74 Å². The van der Waals surface area contributed by atoms with Crippen LogP contribution in [0.5, 0.6) is 0 Å². The van der Waals surface area contributed by atoms with Crippen LogP contribution in [0.2, 0.25) is 0 Å². The minimum atomic E-state index is -2.63. The van der Waals surface area contributed by atoms with E-state index in [2.05, 4.69) is 10.3 Å². The average Bonchev–Trinajstić information content (AvgIpc) is 2.94. The van der Waals surface area contributed by atoms with Gasteiger partial charge in [0.15, 0.2) is 6.61 Å². The summed E-state index contributed by atoms with van der Waals surface area (Å²) in [5, 5.41) is 2.89. The molecule has 3 heterocycles. The molecule has 33 heavy (non-hydrogen) atoms. The Labute approximate surface area is 196 Å². The zero-order chi connectivity index (χ0) is 23.5.